The minimum absolute atomic E-state index is 0.0591. The molecule has 1 aromatic carbocycles. The van der Waals surface area contributed by atoms with Gasteiger partial charge in [0.15, 0.2) is 0 Å². The molecule has 3 nitrogen and oxygen atoms in total. The Balaban J connectivity index is 2.09. The molecular formula is C13H15BrN2O. The highest BCUT2D eigenvalue weighted by atomic mass is 79.9. The number of anilines is 1. The number of halogens is 1. The van der Waals surface area contributed by atoms with E-state index in [1.807, 2.05) is 6.07 Å². The van der Waals surface area contributed by atoms with Crippen LogP contribution in [0.1, 0.15) is 24.8 Å². The summed E-state index contributed by atoms with van der Waals surface area (Å²) in [5.74, 6) is 0.150. The second-order valence-electron chi connectivity index (χ2n) is 4.95. The van der Waals surface area contributed by atoms with Gasteiger partial charge in [-0.25, -0.2) is 0 Å². The van der Waals surface area contributed by atoms with Gasteiger partial charge in [-0.2, -0.15) is 0 Å². The minimum Gasteiger partial charge on any atom is -0.326 e. The van der Waals surface area contributed by atoms with Crippen LogP contribution in [0, 0.1) is 0 Å². The first-order chi connectivity index (χ1) is 8.20. The summed E-state index contributed by atoms with van der Waals surface area (Å²) in [6, 6.07) is 6.24. The maximum atomic E-state index is 11.9. The molecule has 0 aromatic heterocycles. The van der Waals surface area contributed by atoms with Crippen molar-refractivity contribution < 1.29 is 4.79 Å². The van der Waals surface area contributed by atoms with Gasteiger partial charge < -0.3 is 10.6 Å². The average Bonchev–Trinajstić information content (AvgIpc) is 2.29. The lowest BCUT2D eigenvalue weighted by molar-refractivity contribution is -0.118. The Bertz CT molecular complexity index is 466. The molecule has 1 amide bonds. The van der Waals surface area contributed by atoms with Crippen molar-refractivity contribution in [2.24, 2.45) is 0 Å². The van der Waals surface area contributed by atoms with E-state index in [-0.39, 0.29) is 11.3 Å². The van der Waals surface area contributed by atoms with Gasteiger partial charge in [0.2, 0.25) is 5.91 Å². The van der Waals surface area contributed by atoms with Gasteiger partial charge in [0.1, 0.15) is 0 Å². The predicted octanol–water partition coefficient (Wildman–Crippen LogP) is 2.41. The van der Waals surface area contributed by atoms with E-state index in [0.717, 1.165) is 36.1 Å². The van der Waals surface area contributed by atoms with E-state index in [1.165, 1.54) is 5.56 Å². The summed E-state index contributed by atoms with van der Waals surface area (Å²) in [5.41, 5.74) is 2.35. The van der Waals surface area contributed by atoms with Crippen molar-refractivity contribution in [3.05, 3.63) is 28.2 Å². The standard InChI is InChI=1S/C13H15BrN2O/c14-9-1-2-10-11(7-9)16-12(17)8-13(10)3-5-15-6-4-13/h1-2,7,15H,3-6,8H2,(H,16,17). The predicted molar refractivity (Wildman–Crippen MR) is 71.2 cm³/mol. The topological polar surface area (TPSA) is 41.1 Å². The van der Waals surface area contributed by atoms with Gasteiger partial charge in [-0.1, -0.05) is 22.0 Å². The Morgan fingerprint density at radius 2 is 2.00 bits per heavy atom. The SMILES string of the molecule is O=C1CC2(CCNCC2)c2ccc(Br)cc2N1. The quantitative estimate of drug-likeness (QED) is 0.772. The molecule has 2 aliphatic rings. The van der Waals surface area contributed by atoms with Gasteiger partial charge >= 0.3 is 0 Å². The number of amides is 1. The first-order valence-electron chi connectivity index (χ1n) is 6.00. The Morgan fingerprint density at radius 1 is 1.24 bits per heavy atom. The molecule has 0 atom stereocenters. The molecule has 1 spiro atoms. The minimum atomic E-state index is 0.0591. The Kier molecular flexibility index (Phi) is 2.71. The van der Waals surface area contributed by atoms with Gasteiger partial charge in [-0.3, -0.25) is 4.79 Å². The summed E-state index contributed by atoms with van der Waals surface area (Å²) < 4.78 is 1.02. The van der Waals surface area contributed by atoms with E-state index in [9.17, 15) is 4.79 Å². The van der Waals surface area contributed by atoms with E-state index < -0.39 is 0 Å². The fourth-order valence-electron chi connectivity index (χ4n) is 3.03. The molecule has 90 valence electrons. The third-order valence-corrected chi connectivity index (χ3v) is 4.38. The third kappa shape index (κ3) is 1.89. The Hall–Kier alpha value is -0.870. The molecule has 1 saturated heterocycles. The van der Waals surface area contributed by atoms with Crippen molar-refractivity contribution in [3.8, 4) is 0 Å². The van der Waals surface area contributed by atoms with Crippen LogP contribution >= 0.6 is 15.9 Å². The third-order valence-electron chi connectivity index (χ3n) is 3.89. The molecule has 4 heteroatoms. The molecule has 0 aliphatic carbocycles. The second-order valence-corrected chi connectivity index (χ2v) is 5.86. The summed E-state index contributed by atoms with van der Waals surface area (Å²) in [5, 5.41) is 6.36. The van der Waals surface area contributed by atoms with E-state index in [0.29, 0.717) is 6.42 Å². The molecule has 2 aliphatic heterocycles. The zero-order valence-corrected chi connectivity index (χ0v) is 11.1. The van der Waals surface area contributed by atoms with Crippen LogP contribution in [0.25, 0.3) is 0 Å². The fraction of sp³-hybridized carbons (Fsp3) is 0.462. The normalized spacial score (nSPS) is 22.1. The van der Waals surface area contributed by atoms with Crippen molar-refractivity contribution >= 4 is 27.5 Å². The lowest BCUT2D eigenvalue weighted by atomic mass is 9.68. The molecule has 2 heterocycles. The summed E-state index contributed by atoms with van der Waals surface area (Å²) in [6.45, 7) is 2.01. The summed E-state index contributed by atoms with van der Waals surface area (Å²) in [4.78, 5) is 11.9. The molecule has 3 rings (SSSR count). The number of piperidine rings is 1. The van der Waals surface area contributed by atoms with Crippen LogP contribution in [0.2, 0.25) is 0 Å². The molecule has 1 fully saturated rings. The fourth-order valence-corrected chi connectivity index (χ4v) is 3.39. The zero-order chi connectivity index (χ0) is 11.9. The number of hydrogen-bond acceptors (Lipinski definition) is 2. The highest BCUT2D eigenvalue weighted by Gasteiger charge is 2.40. The highest BCUT2D eigenvalue weighted by Crippen LogP contribution is 2.44. The van der Waals surface area contributed by atoms with Gasteiger partial charge in [-0.15, -0.1) is 0 Å². The largest absolute Gasteiger partial charge is 0.326 e. The van der Waals surface area contributed by atoms with Crippen molar-refractivity contribution in [2.45, 2.75) is 24.7 Å². The van der Waals surface area contributed by atoms with E-state index in [1.54, 1.807) is 0 Å². The van der Waals surface area contributed by atoms with E-state index in [4.69, 9.17) is 0 Å². The molecular weight excluding hydrogens is 280 g/mol. The summed E-state index contributed by atoms with van der Waals surface area (Å²) in [7, 11) is 0. The van der Waals surface area contributed by atoms with Crippen LogP contribution in [0.15, 0.2) is 22.7 Å². The smallest absolute Gasteiger partial charge is 0.225 e. The van der Waals surface area contributed by atoms with Crippen molar-refractivity contribution in [1.29, 1.82) is 0 Å². The highest BCUT2D eigenvalue weighted by molar-refractivity contribution is 9.10. The van der Waals surface area contributed by atoms with E-state index in [2.05, 4.69) is 38.7 Å². The number of fused-ring (bicyclic) bond motifs is 2. The first-order valence-corrected chi connectivity index (χ1v) is 6.80. The lowest BCUT2D eigenvalue weighted by Gasteiger charge is -2.41. The molecule has 17 heavy (non-hydrogen) atoms. The molecule has 0 unspecified atom stereocenters. The van der Waals surface area contributed by atoms with Gasteiger partial charge in [0.25, 0.3) is 0 Å². The van der Waals surface area contributed by atoms with Crippen molar-refractivity contribution in [2.75, 3.05) is 18.4 Å². The Labute approximate surface area is 109 Å². The van der Waals surface area contributed by atoms with Crippen molar-refractivity contribution in [3.63, 3.8) is 0 Å². The summed E-state index contributed by atoms with van der Waals surface area (Å²) >= 11 is 3.46. The zero-order valence-electron chi connectivity index (χ0n) is 9.55. The maximum Gasteiger partial charge on any atom is 0.225 e. The summed E-state index contributed by atoms with van der Waals surface area (Å²) in [6.07, 6.45) is 2.73. The monoisotopic (exact) mass is 294 g/mol. The van der Waals surface area contributed by atoms with Crippen LogP contribution < -0.4 is 10.6 Å². The average molecular weight is 295 g/mol. The number of carbonyl (C=O) groups excluding carboxylic acids is 1. The van der Waals surface area contributed by atoms with Gasteiger partial charge in [0.05, 0.1) is 0 Å². The number of carbonyl (C=O) groups is 1. The number of nitrogens with one attached hydrogen (secondary N) is 2. The van der Waals surface area contributed by atoms with Gasteiger partial charge in [-0.05, 0) is 43.6 Å². The van der Waals surface area contributed by atoms with Crippen LogP contribution in [0.3, 0.4) is 0 Å². The van der Waals surface area contributed by atoms with Crippen molar-refractivity contribution in [1.82, 2.24) is 5.32 Å². The Morgan fingerprint density at radius 3 is 2.76 bits per heavy atom. The van der Waals surface area contributed by atoms with Crippen LogP contribution in [0.5, 0.6) is 0 Å². The molecule has 2 N–H and O–H groups in total. The molecule has 0 saturated carbocycles. The number of benzene rings is 1. The maximum absolute atomic E-state index is 11.9. The molecule has 0 bridgehead atoms. The second kappa shape index (κ2) is 4.10. The number of hydrogen-bond donors (Lipinski definition) is 2. The first kappa shape index (κ1) is 11.2. The van der Waals surface area contributed by atoms with Gasteiger partial charge in [0, 0.05) is 22.0 Å². The van der Waals surface area contributed by atoms with Crippen LogP contribution in [0.4, 0.5) is 5.69 Å². The molecule has 0 radical (unpaired) electrons. The van der Waals surface area contributed by atoms with E-state index >= 15 is 0 Å². The number of rotatable bonds is 0. The lowest BCUT2D eigenvalue weighted by Crippen LogP contribution is -2.45. The molecule has 1 aromatic rings. The van der Waals surface area contributed by atoms with Crippen LogP contribution in [-0.4, -0.2) is 19.0 Å². The van der Waals surface area contributed by atoms with Crippen LogP contribution in [-0.2, 0) is 10.2 Å².